The highest BCUT2D eigenvalue weighted by Gasteiger charge is 2.40. The lowest BCUT2D eigenvalue weighted by Gasteiger charge is -2.35. The lowest BCUT2D eigenvalue weighted by atomic mass is 9.79. The molecule has 6 atom stereocenters. The van der Waals surface area contributed by atoms with Crippen molar-refractivity contribution in [3.63, 3.8) is 0 Å². The van der Waals surface area contributed by atoms with Crippen LogP contribution >= 0.6 is 0 Å². The molecule has 26 heavy (non-hydrogen) atoms. The fourth-order valence-electron chi connectivity index (χ4n) is 3.42. The Morgan fingerprint density at radius 3 is 2.23 bits per heavy atom. The fraction of sp³-hybridized carbons (Fsp3) is 0.900. The molecule has 0 aromatic rings. The van der Waals surface area contributed by atoms with Gasteiger partial charge in [0.2, 0.25) is 0 Å². The third-order valence-electron chi connectivity index (χ3n) is 5.31. The Morgan fingerprint density at radius 2 is 1.77 bits per heavy atom. The van der Waals surface area contributed by atoms with E-state index in [9.17, 15) is 19.8 Å². The summed E-state index contributed by atoms with van der Waals surface area (Å²) in [5.74, 6) is -1.13. The molecule has 2 N–H and O–H groups in total. The van der Waals surface area contributed by atoms with E-state index in [1.807, 2.05) is 20.8 Å². The summed E-state index contributed by atoms with van der Waals surface area (Å²) in [7, 11) is 3.06. The maximum atomic E-state index is 12.7. The predicted octanol–water partition coefficient (Wildman–Crippen LogP) is 2.39. The van der Waals surface area contributed by atoms with Gasteiger partial charge in [-0.3, -0.25) is 4.79 Å². The van der Waals surface area contributed by atoms with Gasteiger partial charge < -0.3 is 24.5 Å². The van der Waals surface area contributed by atoms with E-state index >= 15 is 0 Å². The van der Waals surface area contributed by atoms with Crippen LogP contribution in [0.15, 0.2) is 0 Å². The van der Waals surface area contributed by atoms with Gasteiger partial charge in [0, 0.05) is 32.0 Å². The fourth-order valence-corrected chi connectivity index (χ4v) is 3.42. The van der Waals surface area contributed by atoms with E-state index in [0.717, 1.165) is 25.5 Å². The number of aldehydes is 1. The molecule has 0 aromatic heterocycles. The minimum absolute atomic E-state index is 0.0216. The third-order valence-corrected chi connectivity index (χ3v) is 5.31. The van der Waals surface area contributed by atoms with Crippen LogP contribution in [-0.2, 0) is 19.1 Å². The van der Waals surface area contributed by atoms with Gasteiger partial charge in [-0.2, -0.15) is 0 Å². The van der Waals surface area contributed by atoms with Crippen molar-refractivity contribution in [2.75, 3.05) is 20.8 Å². The molecule has 3 unspecified atom stereocenters. The average Bonchev–Trinajstić information content (AvgIpc) is 2.59. The summed E-state index contributed by atoms with van der Waals surface area (Å²) in [6.45, 7) is 8.71. The largest absolute Gasteiger partial charge is 0.389 e. The molecular formula is C20H38O6. The molecule has 0 spiro atoms. The Kier molecular flexibility index (Phi) is 10.8. The standard InChI is InChI=1S/C20H38O6/c1-14(12-21)9-8-10-19(4,26-7)11-15(2)17(22)16(3)18(23)20(5,24)13-25-6/h12,14-16,18,23-24H,8-11,13H2,1-7H3/t14?,15-,16?,18?,19+,20-/m1/s1. The molecule has 0 saturated heterocycles. The number of ether oxygens (including phenoxy) is 2. The van der Waals surface area contributed by atoms with Crippen LogP contribution in [0.3, 0.4) is 0 Å². The van der Waals surface area contributed by atoms with Gasteiger partial charge in [-0.05, 0) is 39.5 Å². The summed E-state index contributed by atoms with van der Waals surface area (Å²) >= 11 is 0. The van der Waals surface area contributed by atoms with Crippen molar-refractivity contribution in [3.8, 4) is 0 Å². The van der Waals surface area contributed by atoms with Crippen molar-refractivity contribution in [2.24, 2.45) is 17.8 Å². The smallest absolute Gasteiger partial charge is 0.141 e. The molecule has 0 saturated carbocycles. The van der Waals surface area contributed by atoms with Crippen LogP contribution in [0, 0.1) is 17.8 Å². The normalized spacial score (nSPS) is 21.1. The second kappa shape index (κ2) is 11.1. The zero-order chi connectivity index (χ0) is 20.5. The summed E-state index contributed by atoms with van der Waals surface area (Å²) < 4.78 is 10.6. The second-order valence-corrected chi connectivity index (χ2v) is 8.19. The number of carbonyl (C=O) groups excluding carboxylic acids is 2. The highest BCUT2D eigenvalue weighted by molar-refractivity contribution is 5.83. The molecule has 0 aromatic carbocycles. The van der Waals surface area contributed by atoms with Crippen molar-refractivity contribution in [1.82, 2.24) is 0 Å². The van der Waals surface area contributed by atoms with Crippen molar-refractivity contribution in [1.29, 1.82) is 0 Å². The number of Topliss-reactive ketones (excluding diaryl/α,β-unsaturated/α-hetero) is 1. The van der Waals surface area contributed by atoms with Crippen LogP contribution in [0.1, 0.15) is 60.3 Å². The van der Waals surface area contributed by atoms with Crippen LogP contribution < -0.4 is 0 Å². The first kappa shape index (κ1) is 25.2. The maximum Gasteiger partial charge on any atom is 0.141 e. The first-order valence-corrected chi connectivity index (χ1v) is 9.37. The lowest BCUT2D eigenvalue weighted by molar-refractivity contribution is -0.148. The molecule has 0 aliphatic carbocycles. The Morgan fingerprint density at radius 1 is 1.19 bits per heavy atom. The molecule has 0 fully saturated rings. The summed E-state index contributed by atoms with van der Waals surface area (Å²) in [4.78, 5) is 23.5. The van der Waals surface area contributed by atoms with E-state index in [1.165, 1.54) is 14.0 Å². The maximum absolute atomic E-state index is 12.7. The van der Waals surface area contributed by atoms with Crippen LogP contribution in [-0.4, -0.2) is 60.4 Å². The highest BCUT2D eigenvalue weighted by Crippen LogP contribution is 2.30. The third kappa shape index (κ3) is 7.82. The van der Waals surface area contributed by atoms with Crippen LogP contribution in [0.4, 0.5) is 0 Å². The number of ketones is 1. The Hall–Kier alpha value is -0.820. The summed E-state index contributed by atoms with van der Waals surface area (Å²) in [6, 6.07) is 0. The molecule has 0 aliphatic rings. The van der Waals surface area contributed by atoms with E-state index < -0.39 is 23.2 Å². The minimum atomic E-state index is -1.49. The van der Waals surface area contributed by atoms with Gasteiger partial charge in [0.25, 0.3) is 0 Å². The SMILES string of the molecule is COC[C@@](C)(O)C(O)C(C)C(=O)[C@H](C)C[C@](C)(CCCC(C)C=O)OC. The number of hydrogen-bond donors (Lipinski definition) is 2. The number of aliphatic hydroxyl groups is 2. The van der Waals surface area contributed by atoms with E-state index in [-0.39, 0.29) is 24.2 Å². The first-order chi connectivity index (χ1) is 11.9. The zero-order valence-electron chi connectivity index (χ0n) is 17.4. The monoisotopic (exact) mass is 374 g/mol. The summed E-state index contributed by atoms with van der Waals surface area (Å²) in [5.41, 5.74) is -1.96. The van der Waals surface area contributed by atoms with Gasteiger partial charge in [-0.25, -0.2) is 0 Å². The average molecular weight is 375 g/mol. The van der Waals surface area contributed by atoms with Crippen LogP contribution in [0.2, 0.25) is 0 Å². The lowest BCUT2D eigenvalue weighted by Crippen LogP contribution is -2.50. The van der Waals surface area contributed by atoms with Gasteiger partial charge >= 0.3 is 0 Å². The van der Waals surface area contributed by atoms with Gasteiger partial charge in [0.15, 0.2) is 0 Å². The topological polar surface area (TPSA) is 93.1 Å². The number of carbonyl (C=O) groups is 2. The number of rotatable bonds is 14. The van der Waals surface area contributed by atoms with Gasteiger partial charge in [-0.15, -0.1) is 0 Å². The molecule has 154 valence electrons. The Bertz CT molecular complexity index is 436. The molecule has 6 heteroatoms. The quantitative estimate of drug-likeness (QED) is 0.454. The van der Waals surface area contributed by atoms with E-state index in [1.54, 1.807) is 14.0 Å². The van der Waals surface area contributed by atoms with Crippen molar-refractivity contribution >= 4 is 12.1 Å². The Balaban J connectivity index is 4.85. The van der Waals surface area contributed by atoms with Gasteiger partial charge in [-0.1, -0.05) is 20.8 Å². The molecule has 0 rings (SSSR count). The first-order valence-electron chi connectivity index (χ1n) is 9.37. The Labute approximate surface area is 158 Å². The van der Waals surface area contributed by atoms with Gasteiger partial charge in [0.1, 0.15) is 17.7 Å². The molecule has 0 bridgehead atoms. The van der Waals surface area contributed by atoms with Crippen molar-refractivity contribution in [2.45, 2.75) is 77.6 Å². The number of methoxy groups -OCH3 is 2. The molecule has 0 radical (unpaired) electrons. The van der Waals surface area contributed by atoms with Crippen molar-refractivity contribution in [3.05, 3.63) is 0 Å². The van der Waals surface area contributed by atoms with E-state index in [0.29, 0.717) is 6.42 Å². The van der Waals surface area contributed by atoms with Crippen LogP contribution in [0.25, 0.3) is 0 Å². The van der Waals surface area contributed by atoms with Gasteiger partial charge in [0.05, 0.1) is 18.3 Å². The van der Waals surface area contributed by atoms with Crippen LogP contribution in [0.5, 0.6) is 0 Å². The summed E-state index contributed by atoms with van der Waals surface area (Å²) in [6.07, 6.45) is 2.63. The molecule has 0 heterocycles. The molecule has 0 amide bonds. The molecule has 6 nitrogen and oxygen atoms in total. The number of aliphatic hydroxyl groups excluding tert-OH is 1. The van der Waals surface area contributed by atoms with Crippen molar-refractivity contribution < 1.29 is 29.3 Å². The highest BCUT2D eigenvalue weighted by atomic mass is 16.5. The van der Waals surface area contributed by atoms with E-state index in [2.05, 4.69) is 0 Å². The zero-order valence-corrected chi connectivity index (χ0v) is 17.4. The second-order valence-electron chi connectivity index (χ2n) is 8.19. The molecular weight excluding hydrogens is 336 g/mol. The minimum Gasteiger partial charge on any atom is -0.389 e. The number of hydrogen-bond acceptors (Lipinski definition) is 6. The summed E-state index contributed by atoms with van der Waals surface area (Å²) in [5, 5.41) is 20.6. The van der Waals surface area contributed by atoms with E-state index in [4.69, 9.17) is 9.47 Å². The predicted molar refractivity (Wildman–Crippen MR) is 101 cm³/mol. The molecule has 0 aliphatic heterocycles.